The van der Waals surface area contributed by atoms with Crippen LogP contribution in [0, 0.1) is 27.7 Å². The fraction of sp³-hybridized carbons (Fsp3) is 0.409. The van der Waals surface area contributed by atoms with E-state index in [1.54, 1.807) is 38.1 Å². The van der Waals surface area contributed by atoms with Gasteiger partial charge in [0, 0.05) is 5.69 Å². The van der Waals surface area contributed by atoms with Gasteiger partial charge in [0.2, 0.25) is 5.91 Å². The first-order valence-corrected chi connectivity index (χ1v) is 11.0. The molecular formula is C22H30N2O4S. The average Bonchev–Trinajstić information content (AvgIpc) is 2.61. The number of aliphatic hydroxyl groups is 1. The number of benzene rings is 2. The van der Waals surface area contributed by atoms with Crippen molar-refractivity contribution in [2.24, 2.45) is 0 Å². The number of carbonyl (C=O) groups is 1. The van der Waals surface area contributed by atoms with Gasteiger partial charge in [0.15, 0.2) is 0 Å². The lowest BCUT2D eigenvalue weighted by molar-refractivity contribution is -0.122. The predicted molar refractivity (Wildman–Crippen MR) is 116 cm³/mol. The summed E-state index contributed by atoms with van der Waals surface area (Å²) in [5, 5.41) is 12.0. The van der Waals surface area contributed by atoms with E-state index in [0.717, 1.165) is 27.8 Å². The quantitative estimate of drug-likeness (QED) is 0.644. The Balaban J connectivity index is 2.19. The molecule has 29 heavy (non-hydrogen) atoms. The fourth-order valence-electron chi connectivity index (χ4n) is 3.13. The first-order chi connectivity index (χ1) is 13.4. The summed E-state index contributed by atoms with van der Waals surface area (Å²) in [6, 6.07) is 8.70. The van der Waals surface area contributed by atoms with E-state index in [-0.39, 0.29) is 18.9 Å². The van der Waals surface area contributed by atoms with Crippen molar-refractivity contribution in [3.05, 3.63) is 58.1 Å². The third kappa shape index (κ3) is 5.58. The van der Waals surface area contributed by atoms with Crippen molar-refractivity contribution in [1.29, 1.82) is 0 Å². The molecule has 0 aliphatic carbocycles. The van der Waals surface area contributed by atoms with Crippen molar-refractivity contribution in [2.45, 2.75) is 58.4 Å². The summed E-state index contributed by atoms with van der Waals surface area (Å²) >= 11 is 0. The highest BCUT2D eigenvalue weighted by molar-refractivity contribution is 7.92. The normalized spacial score (nSPS) is 12.0. The van der Waals surface area contributed by atoms with Gasteiger partial charge in [-0.15, -0.1) is 0 Å². The second-order valence-corrected chi connectivity index (χ2v) is 9.78. The summed E-state index contributed by atoms with van der Waals surface area (Å²) in [7, 11) is -3.74. The Bertz CT molecular complexity index is 984. The minimum Gasteiger partial charge on any atom is -0.394 e. The highest BCUT2D eigenvalue weighted by Gasteiger charge is 2.22. The lowest BCUT2D eigenvalue weighted by Gasteiger charge is -2.23. The number of rotatable bonds is 7. The molecule has 0 unspecified atom stereocenters. The van der Waals surface area contributed by atoms with E-state index in [4.69, 9.17) is 0 Å². The van der Waals surface area contributed by atoms with Crippen molar-refractivity contribution in [3.8, 4) is 0 Å². The Hall–Kier alpha value is -2.38. The van der Waals surface area contributed by atoms with Crippen LogP contribution in [0.25, 0.3) is 0 Å². The number of hydrogen-bond acceptors (Lipinski definition) is 4. The first-order valence-electron chi connectivity index (χ1n) is 9.47. The molecule has 0 aliphatic rings. The molecule has 3 N–H and O–H groups in total. The van der Waals surface area contributed by atoms with Gasteiger partial charge in [-0.2, -0.15) is 0 Å². The van der Waals surface area contributed by atoms with Crippen LogP contribution in [-0.4, -0.2) is 31.6 Å². The fourth-order valence-corrected chi connectivity index (χ4v) is 4.80. The molecule has 0 fully saturated rings. The van der Waals surface area contributed by atoms with Gasteiger partial charge in [-0.25, -0.2) is 8.42 Å². The number of amides is 1. The number of carbonyl (C=O) groups excluding carboxylic acids is 1. The van der Waals surface area contributed by atoms with Crippen molar-refractivity contribution in [1.82, 2.24) is 5.32 Å². The maximum absolute atomic E-state index is 13.0. The number of anilines is 1. The van der Waals surface area contributed by atoms with Crippen LogP contribution in [0.2, 0.25) is 0 Å². The van der Waals surface area contributed by atoms with Gasteiger partial charge < -0.3 is 10.4 Å². The van der Waals surface area contributed by atoms with E-state index in [1.165, 1.54) is 0 Å². The van der Waals surface area contributed by atoms with Crippen LogP contribution < -0.4 is 10.0 Å². The summed E-state index contributed by atoms with van der Waals surface area (Å²) in [5.41, 5.74) is 3.83. The summed E-state index contributed by atoms with van der Waals surface area (Å²) in [5.74, 6) is -0.209. The van der Waals surface area contributed by atoms with E-state index in [2.05, 4.69) is 10.0 Å². The Morgan fingerprint density at radius 2 is 1.52 bits per heavy atom. The Kier molecular flexibility index (Phi) is 6.75. The van der Waals surface area contributed by atoms with Gasteiger partial charge >= 0.3 is 0 Å². The van der Waals surface area contributed by atoms with E-state index in [9.17, 15) is 18.3 Å². The highest BCUT2D eigenvalue weighted by Crippen LogP contribution is 2.28. The minimum absolute atomic E-state index is 0.145. The average molecular weight is 419 g/mol. The van der Waals surface area contributed by atoms with Gasteiger partial charge in [-0.1, -0.05) is 18.2 Å². The lowest BCUT2D eigenvalue weighted by Crippen LogP contribution is -2.46. The highest BCUT2D eigenvalue weighted by atomic mass is 32.2. The van der Waals surface area contributed by atoms with Crippen LogP contribution in [0.1, 0.15) is 41.7 Å². The molecule has 1 amide bonds. The van der Waals surface area contributed by atoms with E-state index < -0.39 is 15.6 Å². The van der Waals surface area contributed by atoms with Crippen LogP contribution in [-0.2, 0) is 21.2 Å². The zero-order chi connectivity index (χ0) is 22.0. The summed E-state index contributed by atoms with van der Waals surface area (Å²) in [6.45, 7) is 10.7. The van der Waals surface area contributed by atoms with Gasteiger partial charge in [-0.05, 0) is 81.5 Å². The molecule has 0 aromatic heterocycles. The molecule has 0 heterocycles. The molecule has 2 aromatic rings. The molecule has 0 aliphatic heterocycles. The molecule has 6 nitrogen and oxygen atoms in total. The monoisotopic (exact) mass is 418 g/mol. The molecule has 158 valence electrons. The standard InChI is InChI=1S/C22H30N2O4S/c1-14-11-15(2)17(4)21(16(14)3)29(27,28)24-19-9-7-18(8-10-19)12-20(26)23-22(5,6)13-25/h7-11,24-25H,12-13H2,1-6H3,(H,23,26). The molecule has 2 rings (SSSR count). The molecular weight excluding hydrogens is 388 g/mol. The van der Waals surface area contributed by atoms with Gasteiger partial charge in [0.05, 0.1) is 23.5 Å². The smallest absolute Gasteiger partial charge is 0.262 e. The van der Waals surface area contributed by atoms with Gasteiger partial charge in [0.25, 0.3) is 10.0 Å². The third-order valence-corrected chi connectivity index (χ3v) is 6.66. The number of hydrogen-bond donors (Lipinski definition) is 3. The van der Waals surface area contributed by atoms with E-state index in [0.29, 0.717) is 10.6 Å². The second-order valence-electron chi connectivity index (χ2n) is 8.16. The van der Waals surface area contributed by atoms with Gasteiger partial charge in [0.1, 0.15) is 0 Å². The number of nitrogens with one attached hydrogen (secondary N) is 2. The Morgan fingerprint density at radius 1 is 1.00 bits per heavy atom. The molecule has 0 atom stereocenters. The molecule has 7 heteroatoms. The van der Waals surface area contributed by atoms with Crippen molar-refractivity contribution in [3.63, 3.8) is 0 Å². The van der Waals surface area contributed by atoms with Crippen LogP contribution in [0.15, 0.2) is 35.2 Å². The zero-order valence-electron chi connectivity index (χ0n) is 17.9. The molecule has 0 saturated heterocycles. The molecule has 0 radical (unpaired) electrons. The minimum atomic E-state index is -3.74. The topological polar surface area (TPSA) is 95.5 Å². The SMILES string of the molecule is Cc1cc(C)c(C)c(S(=O)(=O)Nc2ccc(CC(=O)NC(C)(C)CO)cc2)c1C. The second kappa shape index (κ2) is 8.55. The number of aliphatic hydroxyl groups excluding tert-OH is 1. The maximum atomic E-state index is 13.0. The molecule has 0 bridgehead atoms. The lowest BCUT2D eigenvalue weighted by atomic mass is 10.0. The van der Waals surface area contributed by atoms with Crippen LogP contribution in [0.4, 0.5) is 5.69 Å². The molecule has 0 saturated carbocycles. The third-order valence-electron chi connectivity index (χ3n) is 5.01. The van der Waals surface area contributed by atoms with Crippen molar-refractivity contribution < 1.29 is 18.3 Å². The van der Waals surface area contributed by atoms with Crippen LogP contribution in [0.3, 0.4) is 0 Å². The number of sulfonamides is 1. The van der Waals surface area contributed by atoms with Crippen molar-refractivity contribution in [2.75, 3.05) is 11.3 Å². The summed E-state index contributed by atoms with van der Waals surface area (Å²) in [4.78, 5) is 12.4. The maximum Gasteiger partial charge on any atom is 0.262 e. The Labute approximate surface area is 173 Å². The van der Waals surface area contributed by atoms with Crippen LogP contribution in [0.5, 0.6) is 0 Å². The first kappa shape index (κ1) is 22.9. The molecule has 0 spiro atoms. The van der Waals surface area contributed by atoms with Crippen LogP contribution >= 0.6 is 0 Å². The summed E-state index contributed by atoms with van der Waals surface area (Å²) in [6.07, 6.45) is 0.145. The summed E-state index contributed by atoms with van der Waals surface area (Å²) < 4.78 is 28.6. The van der Waals surface area contributed by atoms with E-state index >= 15 is 0 Å². The van der Waals surface area contributed by atoms with Crippen molar-refractivity contribution >= 4 is 21.6 Å². The van der Waals surface area contributed by atoms with E-state index in [1.807, 2.05) is 33.8 Å². The number of aryl methyl sites for hydroxylation is 2. The Morgan fingerprint density at radius 3 is 2.00 bits per heavy atom. The molecule has 2 aromatic carbocycles. The van der Waals surface area contributed by atoms with Gasteiger partial charge in [-0.3, -0.25) is 9.52 Å². The largest absolute Gasteiger partial charge is 0.394 e. The zero-order valence-corrected chi connectivity index (χ0v) is 18.7. The predicted octanol–water partition coefficient (Wildman–Crippen LogP) is 3.15.